The number of Topliss-reactive ketones (excluding diaryl/α,β-unsaturated/α-hetero) is 1. The van der Waals surface area contributed by atoms with Crippen molar-refractivity contribution in [3.8, 4) is 0 Å². The average molecular weight is 198 g/mol. The highest BCUT2D eigenvalue weighted by atomic mass is 16.2. The Labute approximate surface area is 84.4 Å². The van der Waals surface area contributed by atoms with Crippen molar-refractivity contribution in [1.29, 1.82) is 0 Å². The molecular weight excluding hydrogens is 180 g/mol. The number of primary amides is 1. The third-order valence-electron chi connectivity index (χ3n) is 2.88. The summed E-state index contributed by atoms with van der Waals surface area (Å²) in [6, 6.07) is -0.740. The first kappa shape index (κ1) is 11.0. The first-order valence-corrected chi connectivity index (χ1v) is 5.14. The van der Waals surface area contributed by atoms with Crippen LogP contribution in [0.4, 0.5) is 4.79 Å². The highest BCUT2D eigenvalue weighted by molar-refractivity contribution is 5.87. The molecule has 1 aliphatic rings. The summed E-state index contributed by atoms with van der Waals surface area (Å²) >= 11 is 0. The van der Waals surface area contributed by atoms with Crippen LogP contribution in [0.3, 0.4) is 0 Å². The lowest BCUT2D eigenvalue weighted by Gasteiger charge is -2.24. The molecule has 14 heavy (non-hydrogen) atoms. The van der Waals surface area contributed by atoms with E-state index >= 15 is 0 Å². The van der Waals surface area contributed by atoms with E-state index in [0.717, 1.165) is 19.3 Å². The summed E-state index contributed by atoms with van der Waals surface area (Å²) < 4.78 is 0. The first-order valence-electron chi connectivity index (χ1n) is 5.14. The molecule has 0 radical (unpaired) electrons. The van der Waals surface area contributed by atoms with Crippen LogP contribution >= 0.6 is 0 Å². The summed E-state index contributed by atoms with van der Waals surface area (Å²) in [5.41, 5.74) is 5.22. The molecule has 0 aromatic heterocycles. The van der Waals surface area contributed by atoms with Crippen LogP contribution in [0.2, 0.25) is 0 Å². The number of likely N-dealkylation sites (tertiary alicyclic amines) is 1. The number of hydrogen-bond acceptors (Lipinski definition) is 2. The normalized spacial score (nSPS) is 26.6. The number of nitrogens with two attached hydrogens (primary N) is 1. The fraction of sp³-hybridized carbons (Fsp3) is 0.800. The van der Waals surface area contributed by atoms with Crippen molar-refractivity contribution in [3.05, 3.63) is 0 Å². The van der Waals surface area contributed by atoms with E-state index in [1.165, 1.54) is 11.8 Å². The maximum absolute atomic E-state index is 11.4. The smallest absolute Gasteiger partial charge is 0.315 e. The van der Waals surface area contributed by atoms with Gasteiger partial charge in [0.2, 0.25) is 0 Å². The zero-order chi connectivity index (χ0) is 10.7. The fourth-order valence-corrected chi connectivity index (χ4v) is 2.33. The molecule has 2 N–H and O–H groups in total. The van der Waals surface area contributed by atoms with E-state index in [1.807, 2.05) is 0 Å². The molecule has 0 saturated carbocycles. The van der Waals surface area contributed by atoms with Gasteiger partial charge < -0.3 is 10.6 Å². The molecule has 0 unspecified atom stereocenters. The van der Waals surface area contributed by atoms with E-state index in [9.17, 15) is 9.59 Å². The Morgan fingerprint density at radius 1 is 1.50 bits per heavy atom. The van der Waals surface area contributed by atoms with Crippen LogP contribution in [0.5, 0.6) is 0 Å². The highest BCUT2D eigenvalue weighted by Crippen LogP contribution is 2.28. The standard InChI is InChI=1S/C10H18N2O2/c1-3-4-8-5-6-12(10(11)14)9(8)7(2)13/h8-9H,3-6H2,1-2H3,(H2,11,14)/t8-,9-/m1/s1. The molecule has 0 aromatic carbocycles. The summed E-state index contributed by atoms with van der Waals surface area (Å²) in [6.07, 6.45) is 2.94. The zero-order valence-corrected chi connectivity index (χ0v) is 8.82. The second-order valence-corrected chi connectivity index (χ2v) is 3.92. The minimum Gasteiger partial charge on any atom is -0.351 e. The second kappa shape index (κ2) is 4.44. The average Bonchev–Trinajstić information content (AvgIpc) is 2.48. The Hall–Kier alpha value is -1.06. The van der Waals surface area contributed by atoms with Crippen LogP contribution in [0.1, 0.15) is 33.1 Å². The summed E-state index contributed by atoms with van der Waals surface area (Å²) in [5.74, 6) is 0.366. The molecule has 0 bridgehead atoms. The number of carbonyl (C=O) groups excluding carboxylic acids is 2. The van der Waals surface area contributed by atoms with Gasteiger partial charge in [0.25, 0.3) is 0 Å². The van der Waals surface area contributed by atoms with Gasteiger partial charge in [0.05, 0.1) is 6.04 Å². The molecule has 0 aliphatic carbocycles. The van der Waals surface area contributed by atoms with Gasteiger partial charge >= 0.3 is 6.03 Å². The quantitative estimate of drug-likeness (QED) is 0.739. The van der Waals surface area contributed by atoms with E-state index in [-0.39, 0.29) is 11.8 Å². The van der Waals surface area contributed by atoms with E-state index in [4.69, 9.17) is 5.73 Å². The largest absolute Gasteiger partial charge is 0.351 e. The van der Waals surface area contributed by atoms with Gasteiger partial charge in [-0.2, -0.15) is 0 Å². The topological polar surface area (TPSA) is 63.4 Å². The van der Waals surface area contributed by atoms with Crippen LogP contribution < -0.4 is 5.73 Å². The molecule has 1 fully saturated rings. The molecule has 2 atom stereocenters. The van der Waals surface area contributed by atoms with Crippen LogP contribution in [0.25, 0.3) is 0 Å². The van der Waals surface area contributed by atoms with Gasteiger partial charge in [-0.15, -0.1) is 0 Å². The molecule has 4 heteroatoms. The summed E-state index contributed by atoms with van der Waals surface area (Å²) in [7, 11) is 0. The molecule has 2 amide bonds. The minimum absolute atomic E-state index is 0.0553. The molecule has 1 rings (SSSR count). The number of carbonyl (C=O) groups is 2. The van der Waals surface area contributed by atoms with Crippen molar-refractivity contribution in [2.45, 2.75) is 39.2 Å². The van der Waals surface area contributed by atoms with Crippen molar-refractivity contribution >= 4 is 11.8 Å². The summed E-state index contributed by atoms with van der Waals surface area (Å²) in [5, 5.41) is 0. The number of rotatable bonds is 3. The van der Waals surface area contributed by atoms with Crippen LogP contribution in [0.15, 0.2) is 0 Å². The Bertz CT molecular complexity index is 240. The van der Waals surface area contributed by atoms with Crippen LogP contribution in [-0.2, 0) is 4.79 Å². The van der Waals surface area contributed by atoms with Gasteiger partial charge in [-0.25, -0.2) is 4.79 Å². The molecule has 0 aromatic rings. The van der Waals surface area contributed by atoms with Crippen molar-refractivity contribution in [1.82, 2.24) is 4.90 Å². The Morgan fingerprint density at radius 3 is 2.57 bits per heavy atom. The van der Waals surface area contributed by atoms with Gasteiger partial charge in [0.15, 0.2) is 5.78 Å². The summed E-state index contributed by atoms with van der Waals surface area (Å²) in [6.45, 7) is 4.25. The molecular formula is C10H18N2O2. The maximum atomic E-state index is 11.4. The second-order valence-electron chi connectivity index (χ2n) is 3.92. The van der Waals surface area contributed by atoms with Crippen LogP contribution in [-0.4, -0.2) is 29.3 Å². The molecule has 80 valence electrons. The SMILES string of the molecule is CCC[C@@H]1CCN(C(N)=O)[C@@H]1C(C)=O. The molecule has 1 aliphatic heterocycles. The number of urea groups is 1. The lowest BCUT2D eigenvalue weighted by Crippen LogP contribution is -2.45. The van der Waals surface area contributed by atoms with E-state index in [1.54, 1.807) is 0 Å². The highest BCUT2D eigenvalue weighted by Gasteiger charge is 2.38. The third kappa shape index (κ3) is 2.05. The third-order valence-corrected chi connectivity index (χ3v) is 2.88. The van der Waals surface area contributed by atoms with Crippen molar-refractivity contribution in [2.75, 3.05) is 6.54 Å². The maximum Gasteiger partial charge on any atom is 0.315 e. The number of ketones is 1. The van der Waals surface area contributed by atoms with E-state index < -0.39 is 6.03 Å². The Kier molecular flexibility index (Phi) is 3.49. The Balaban J connectivity index is 2.74. The van der Waals surface area contributed by atoms with Gasteiger partial charge in [0, 0.05) is 6.54 Å². The van der Waals surface area contributed by atoms with E-state index in [2.05, 4.69) is 6.92 Å². The van der Waals surface area contributed by atoms with Gasteiger partial charge in [-0.05, 0) is 25.7 Å². The monoisotopic (exact) mass is 198 g/mol. The van der Waals surface area contributed by atoms with Gasteiger partial charge in [-0.1, -0.05) is 13.3 Å². The zero-order valence-electron chi connectivity index (χ0n) is 8.82. The molecule has 0 spiro atoms. The van der Waals surface area contributed by atoms with Crippen molar-refractivity contribution in [2.24, 2.45) is 11.7 Å². The lowest BCUT2D eigenvalue weighted by molar-refractivity contribution is -0.121. The minimum atomic E-state index is -0.469. The molecule has 4 nitrogen and oxygen atoms in total. The predicted molar refractivity (Wildman–Crippen MR) is 53.8 cm³/mol. The fourth-order valence-electron chi connectivity index (χ4n) is 2.33. The predicted octanol–water partition coefficient (Wildman–Crippen LogP) is 1.14. The number of amides is 2. The first-order chi connectivity index (χ1) is 6.57. The number of hydrogen-bond donors (Lipinski definition) is 1. The number of nitrogens with zero attached hydrogens (tertiary/aromatic N) is 1. The lowest BCUT2D eigenvalue weighted by atomic mass is 9.93. The van der Waals surface area contributed by atoms with Crippen LogP contribution in [0, 0.1) is 5.92 Å². The van der Waals surface area contributed by atoms with E-state index in [0.29, 0.717) is 12.5 Å². The molecule has 1 saturated heterocycles. The van der Waals surface area contributed by atoms with Gasteiger partial charge in [0.1, 0.15) is 0 Å². The van der Waals surface area contributed by atoms with Crippen molar-refractivity contribution < 1.29 is 9.59 Å². The molecule has 1 heterocycles. The Morgan fingerprint density at radius 2 is 2.14 bits per heavy atom. The van der Waals surface area contributed by atoms with Crippen molar-refractivity contribution in [3.63, 3.8) is 0 Å². The van der Waals surface area contributed by atoms with Gasteiger partial charge in [-0.3, -0.25) is 4.79 Å². The summed E-state index contributed by atoms with van der Waals surface area (Å²) in [4.78, 5) is 24.0.